The van der Waals surface area contributed by atoms with Crippen molar-refractivity contribution in [3.05, 3.63) is 173 Å². The number of likely N-dealkylation sites (tertiary alicyclic amines) is 1. The van der Waals surface area contributed by atoms with E-state index in [0.717, 1.165) is 33.5 Å². The number of carbonyl (C=O) groups is 2. The second kappa shape index (κ2) is 20.2. The van der Waals surface area contributed by atoms with E-state index in [9.17, 15) is 19.1 Å². The summed E-state index contributed by atoms with van der Waals surface area (Å²) >= 11 is 1.87. The number of thioether (sulfide) groups is 1. The Kier molecular flexibility index (Phi) is 14.9. The molecule has 0 aromatic heterocycles. The molecule has 2 amide bonds. The molecular weight excluding hydrogens is 762 g/mol. The molecular formula is C49H56FN3O5S. The highest BCUT2D eigenvalue weighted by Crippen LogP contribution is 2.52. The van der Waals surface area contributed by atoms with E-state index < -0.39 is 16.4 Å². The van der Waals surface area contributed by atoms with Gasteiger partial charge in [0.1, 0.15) is 11.4 Å². The van der Waals surface area contributed by atoms with Gasteiger partial charge in [-0.1, -0.05) is 109 Å². The van der Waals surface area contributed by atoms with Crippen molar-refractivity contribution in [1.82, 2.24) is 10.2 Å². The molecule has 310 valence electrons. The SMILES string of the molecule is COCC[C@@H](CO)NC(=O)c1cc(NC[C@@H]2C[C@H](SC(c3ccccc3)(c3ccccc3)c3ccccc3)CN2C(=O)OC(C)(C)C)ccc1CCc1ccc(F)cc1. The number of nitrogens with zero attached hydrogens (tertiary/aromatic N) is 1. The summed E-state index contributed by atoms with van der Waals surface area (Å²) in [5.74, 6) is -0.597. The van der Waals surface area contributed by atoms with Gasteiger partial charge >= 0.3 is 6.09 Å². The normalized spacial score (nSPS) is 16.1. The lowest BCUT2D eigenvalue weighted by Crippen LogP contribution is -2.42. The van der Waals surface area contributed by atoms with Gasteiger partial charge in [-0.25, -0.2) is 9.18 Å². The molecule has 1 fully saturated rings. The van der Waals surface area contributed by atoms with Crippen LogP contribution in [-0.4, -0.2) is 78.4 Å². The van der Waals surface area contributed by atoms with Crippen molar-refractivity contribution < 1.29 is 28.6 Å². The molecule has 5 aromatic rings. The van der Waals surface area contributed by atoms with Gasteiger partial charge in [-0.2, -0.15) is 0 Å². The number of aliphatic hydroxyl groups excluding tert-OH is 1. The highest BCUT2D eigenvalue weighted by atomic mass is 32.2. The van der Waals surface area contributed by atoms with Crippen LogP contribution in [0.4, 0.5) is 14.9 Å². The van der Waals surface area contributed by atoms with Gasteiger partial charge in [-0.05, 0) is 98.5 Å². The van der Waals surface area contributed by atoms with Crippen molar-refractivity contribution in [2.45, 2.75) is 74.1 Å². The second-order valence-electron chi connectivity index (χ2n) is 16.1. The number of hydrogen-bond donors (Lipinski definition) is 3. The number of hydrogen-bond acceptors (Lipinski definition) is 7. The largest absolute Gasteiger partial charge is 0.444 e. The number of carbonyl (C=O) groups excluding carboxylic acids is 2. The summed E-state index contributed by atoms with van der Waals surface area (Å²) in [6.45, 7) is 6.72. The summed E-state index contributed by atoms with van der Waals surface area (Å²) in [4.78, 5) is 29.7. The van der Waals surface area contributed by atoms with Crippen LogP contribution >= 0.6 is 11.8 Å². The van der Waals surface area contributed by atoms with Gasteiger partial charge in [0.15, 0.2) is 0 Å². The number of anilines is 1. The first-order chi connectivity index (χ1) is 28.5. The summed E-state index contributed by atoms with van der Waals surface area (Å²) in [5, 5.41) is 16.6. The fourth-order valence-corrected chi connectivity index (χ4v) is 9.55. The minimum atomic E-state index is -0.677. The lowest BCUT2D eigenvalue weighted by molar-refractivity contribution is 0.0235. The number of rotatable bonds is 17. The van der Waals surface area contributed by atoms with Crippen LogP contribution in [-0.2, 0) is 27.1 Å². The first-order valence-corrected chi connectivity index (χ1v) is 21.2. The average molecular weight is 818 g/mol. The Balaban J connectivity index is 1.29. The minimum Gasteiger partial charge on any atom is -0.444 e. The van der Waals surface area contributed by atoms with E-state index in [4.69, 9.17) is 9.47 Å². The molecule has 1 heterocycles. The predicted molar refractivity (Wildman–Crippen MR) is 236 cm³/mol. The fraction of sp³-hybridized carbons (Fsp3) is 0.347. The molecule has 10 heteroatoms. The van der Waals surface area contributed by atoms with Crippen molar-refractivity contribution in [2.75, 3.05) is 38.7 Å². The number of aliphatic hydroxyl groups is 1. The maximum atomic E-state index is 14.0. The summed E-state index contributed by atoms with van der Waals surface area (Å²) in [7, 11) is 1.58. The molecule has 0 aliphatic carbocycles. The van der Waals surface area contributed by atoms with Gasteiger partial charge in [0.2, 0.25) is 0 Å². The maximum absolute atomic E-state index is 14.0. The molecule has 0 bridgehead atoms. The third kappa shape index (κ3) is 11.3. The van der Waals surface area contributed by atoms with Crippen LogP contribution in [0.3, 0.4) is 0 Å². The zero-order valence-electron chi connectivity index (χ0n) is 34.4. The van der Waals surface area contributed by atoms with E-state index >= 15 is 0 Å². The fourth-order valence-electron chi connectivity index (χ4n) is 7.68. The lowest BCUT2D eigenvalue weighted by atomic mass is 9.84. The van der Waals surface area contributed by atoms with Crippen LogP contribution in [0.25, 0.3) is 0 Å². The van der Waals surface area contributed by atoms with E-state index in [1.54, 1.807) is 19.2 Å². The van der Waals surface area contributed by atoms with Crippen molar-refractivity contribution in [2.24, 2.45) is 0 Å². The molecule has 0 unspecified atom stereocenters. The molecule has 3 N–H and O–H groups in total. The first-order valence-electron chi connectivity index (χ1n) is 20.3. The number of halogens is 1. The van der Waals surface area contributed by atoms with Gasteiger partial charge in [-0.15, -0.1) is 11.8 Å². The van der Waals surface area contributed by atoms with E-state index in [2.05, 4.69) is 83.4 Å². The van der Waals surface area contributed by atoms with E-state index in [1.165, 1.54) is 12.1 Å². The van der Waals surface area contributed by atoms with Crippen molar-refractivity contribution in [3.8, 4) is 0 Å². The quantitative estimate of drug-likeness (QED) is 0.0805. The van der Waals surface area contributed by atoms with Gasteiger partial charge in [0.25, 0.3) is 5.91 Å². The Labute approximate surface area is 352 Å². The Hall–Kier alpha value is -5.16. The second-order valence-corrected chi connectivity index (χ2v) is 17.6. The van der Waals surface area contributed by atoms with Gasteiger partial charge in [0.05, 0.1) is 23.4 Å². The highest BCUT2D eigenvalue weighted by molar-refractivity contribution is 8.01. The Morgan fingerprint density at radius 3 is 1.98 bits per heavy atom. The lowest BCUT2D eigenvalue weighted by Gasteiger charge is -2.37. The summed E-state index contributed by atoms with van der Waals surface area (Å²) in [5.41, 5.74) is 5.79. The Morgan fingerprint density at radius 1 is 0.847 bits per heavy atom. The molecule has 0 spiro atoms. The smallest absolute Gasteiger partial charge is 0.410 e. The highest BCUT2D eigenvalue weighted by Gasteiger charge is 2.45. The number of amides is 2. The van der Waals surface area contributed by atoms with E-state index in [0.29, 0.717) is 50.9 Å². The van der Waals surface area contributed by atoms with Crippen LogP contribution in [0.5, 0.6) is 0 Å². The molecule has 0 radical (unpaired) electrons. The molecule has 8 nitrogen and oxygen atoms in total. The first kappa shape index (κ1) is 43.4. The van der Waals surface area contributed by atoms with E-state index in [-0.39, 0.29) is 35.7 Å². The number of aryl methyl sites for hydroxylation is 2. The zero-order chi connectivity index (χ0) is 41.8. The number of methoxy groups -OCH3 is 1. The topological polar surface area (TPSA) is 100 Å². The van der Waals surface area contributed by atoms with Crippen LogP contribution in [0.15, 0.2) is 133 Å². The van der Waals surface area contributed by atoms with Crippen molar-refractivity contribution in [3.63, 3.8) is 0 Å². The number of nitrogens with one attached hydrogen (secondary N) is 2. The summed E-state index contributed by atoms with van der Waals surface area (Å²) in [6.07, 6.45) is 1.97. The number of ether oxygens (including phenoxy) is 2. The molecule has 1 aliphatic heterocycles. The van der Waals surface area contributed by atoms with Crippen molar-refractivity contribution in [1.29, 1.82) is 0 Å². The minimum absolute atomic E-state index is 0.0348. The third-order valence-corrected chi connectivity index (χ3v) is 12.3. The van der Waals surface area contributed by atoms with Gasteiger partial charge < -0.3 is 30.1 Å². The summed E-state index contributed by atoms with van der Waals surface area (Å²) < 4.78 is 24.3. The van der Waals surface area contributed by atoms with Crippen LogP contribution in [0.2, 0.25) is 0 Å². The summed E-state index contributed by atoms with van der Waals surface area (Å²) in [6, 6.07) is 43.1. The van der Waals surface area contributed by atoms with Crippen LogP contribution in [0, 0.1) is 5.82 Å². The maximum Gasteiger partial charge on any atom is 0.410 e. The Morgan fingerprint density at radius 2 is 1.44 bits per heavy atom. The molecule has 59 heavy (non-hydrogen) atoms. The monoisotopic (exact) mass is 817 g/mol. The average Bonchev–Trinajstić information content (AvgIpc) is 3.66. The zero-order valence-corrected chi connectivity index (χ0v) is 35.2. The van der Waals surface area contributed by atoms with Gasteiger partial charge in [0, 0.05) is 43.3 Å². The van der Waals surface area contributed by atoms with Crippen LogP contribution in [0.1, 0.15) is 71.8 Å². The predicted octanol–water partition coefficient (Wildman–Crippen LogP) is 9.25. The standard InChI is InChI=1S/C49H56FN3O5S/c1-48(2,3)58-47(56)53-33-44(59-49(37-14-8-5-9-15-37,38-16-10-6-11-17-38)39-18-12-7-13-19-39)31-43(53)32-51-41-27-24-36(23-20-35-21-25-40(50)26-22-35)45(30-41)46(55)52-42(34-54)28-29-57-4/h5-19,21-22,24-27,30,42-44,51,54H,20,23,28-29,31-34H2,1-4H3,(H,52,55)/t42-,43-,44-/m0/s1. The van der Waals surface area contributed by atoms with Crippen molar-refractivity contribution >= 4 is 29.4 Å². The molecule has 6 rings (SSSR count). The molecule has 5 aromatic carbocycles. The number of benzene rings is 5. The molecule has 1 aliphatic rings. The van der Waals surface area contributed by atoms with E-state index in [1.807, 2.05) is 73.8 Å². The Bertz CT molecular complexity index is 2000. The molecule has 0 saturated carbocycles. The third-order valence-electron chi connectivity index (χ3n) is 10.6. The van der Waals surface area contributed by atoms with Gasteiger partial charge in [-0.3, -0.25) is 4.79 Å². The molecule has 1 saturated heterocycles. The molecule has 3 atom stereocenters. The van der Waals surface area contributed by atoms with Crippen LogP contribution < -0.4 is 10.6 Å².